The minimum absolute atomic E-state index is 0.0594. The minimum atomic E-state index is -1.82. The number of carbonyl (C=O) groups excluding carboxylic acids is 1. The van der Waals surface area contributed by atoms with Crippen LogP contribution in [0.3, 0.4) is 0 Å². The standard InChI is InChI=1S/C23H29NO3.C2H2O4/c1-18(2)26-22(25)17-24-15-13-21(14-16-24)27-23(19-9-5-3-6-10-19)20-11-7-4-8-12-20;3-1(4)2(5)6/h3-12,18,21,23H,13-17H2,1-2H3;(H,3,4)(H,5,6). The predicted octanol–water partition coefficient (Wildman–Crippen LogP) is 3.36. The Bertz CT molecular complexity index is 827. The van der Waals surface area contributed by atoms with Crippen molar-refractivity contribution in [1.82, 2.24) is 4.90 Å². The molecule has 1 heterocycles. The van der Waals surface area contributed by atoms with Gasteiger partial charge >= 0.3 is 17.9 Å². The smallest absolute Gasteiger partial charge is 0.414 e. The zero-order valence-corrected chi connectivity index (χ0v) is 18.9. The van der Waals surface area contributed by atoms with Crippen LogP contribution >= 0.6 is 0 Å². The second-order valence-corrected chi connectivity index (χ2v) is 7.96. The second-order valence-electron chi connectivity index (χ2n) is 7.96. The lowest BCUT2D eigenvalue weighted by atomic mass is 10.00. The SMILES string of the molecule is CC(C)OC(=O)CN1CCC(OC(c2ccccc2)c2ccccc2)CC1.O=C(O)C(=O)O. The van der Waals surface area contributed by atoms with E-state index >= 15 is 0 Å². The number of rotatable bonds is 7. The molecule has 2 aromatic rings. The molecule has 3 rings (SSSR count). The molecule has 0 aromatic heterocycles. The first-order chi connectivity index (χ1) is 15.8. The Morgan fingerprint density at radius 1 is 0.879 bits per heavy atom. The Balaban J connectivity index is 0.000000569. The predicted molar refractivity (Wildman–Crippen MR) is 122 cm³/mol. The van der Waals surface area contributed by atoms with Gasteiger partial charge in [-0.3, -0.25) is 9.69 Å². The van der Waals surface area contributed by atoms with Crippen LogP contribution in [0.4, 0.5) is 0 Å². The molecule has 0 spiro atoms. The van der Waals surface area contributed by atoms with Crippen LogP contribution in [-0.2, 0) is 23.9 Å². The summed E-state index contributed by atoms with van der Waals surface area (Å²) < 4.78 is 11.8. The molecule has 0 saturated carbocycles. The molecule has 2 aromatic carbocycles. The minimum Gasteiger partial charge on any atom is -0.473 e. The van der Waals surface area contributed by atoms with E-state index < -0.39 is 11.9 Å². The molecule has 1 fully saturated rings. The van der Waals surface area contributed by atoms with Crippen LogP contribution < -0.4 is 0 Å². The van der Waals surface area contributed by atoms with E-state index in [1.54, 1.807) is 0 Å². The van der Waals surface area contributed by atoms with E-state index in [1.165, 1.54) is 11.1 Å². The third-order valence-corrected chi connectivity index (χ3v) is 4.97. The fourth-order valence-corrected chi connectivity index (χ4v) is 3.48. The third kappa shape index (κ3) is 9.43. The third-order valence-electron chi connectivity index (χ3n) is 4.97. The number of hydrogen-bond acceptors (Lipinski definition) is 6. The number of esters is 1. The van der Waals surface area contributed by atoms with Crippen LogP contribution in [0, 0.1) is 0 Å². The lowest BCUT2D eigenvalue weighted by Crippen LogP contribution is -2.41. The quantitative estimate of drug-likeness (QED) is 0.481. The summed E-state index contributed by atoms with van der Waals surface area (Å²) in [4.78, 5) is 32.2. The van der Waals surface area contributed by atoms with Gasteiger partial charge in [-0.1, -0.05) is 60.7 Å². The van der Waals surface area contributed by atoms with Gasteiger partial charge in [0, 0.05) is 13.1 Å². The van der Waals surface area contributed by atoms with Crippen molar-refractivity contribution in [2.45, 2.75) is 45.0 Å². The van der Waals surface area contributed by atoms with E-state index in [2.05, 4.69) is 53.4 Å². The Labute approximate surface area is 193 Å². The lowest BCUT2D eigenvalue weighted by Gasteiger charge is -2.33. The maximum absolute atomic E-state index is 11.9. The topological polar surface area (TPSA) is 113 Å². The van der Waals surface area contributed by atoms with Crippen molar-refractivity contribution in [3.05, 3.63) is 71.8 Å². The first-order valence-corrected chi connectivity index (χ1v) is 10.9. The van der Waals surface area contributed by atoms with Crippen molar-refractivity contribution in [2.24, 2.45) is 0 Å². The normalized spacial score (nSPS) is 14.4. The molecule has 33 heavy (non-hydrogen) atoms. The average Bonchev–Trinajstić information content (AvgIpc) is 2.79. The maximum Gasteiger partial charge on any atom is 0.414 e. The van der Waals surface area contributed by atoms with E-state index in [0.717, 1.165) is 25.9 Å². The number of piperidine rings is 1. The summed E-state index contributed by atoms with van der Waals surface area (Å²) in [6.07, 6.45) is 1.91. The monoisotopic (exact) mass is 457 g/mol. The van der Waals surface area contributed by atoms with Crippen LogP contribution in [0.1, 0.15) is 43.9 Å². The van der Waals surface area contributed by atoms with E-state index in [9.17, 15) is 4.79 Å². The van der Waals surface area contributed by atoms with Crippen molar-refractivity contribution in [2.75, 3.05) is 19.6 Å². The van der Waals surface area contributed by atoms with Crippen LogP contribution in [0.15, 0.2) is 60.7 Å². The van der Waals surface area contributed by atoms with E-state index in [-0.39, 0.29) is 24.3 Å². The van der Waals surface area contributed by atoms with Crippen LogP contribution in [0.25, 0.3) is 0 Å². The Morgan fingerprint density at radius 2 is 1.33 bits per heavy atom. The number of benzene rings is 2. The molecule has 1 aliphatic heterocycles. The van der Waals surface area contributed by atoms with Gasteiger partial charge in [0.1, 0.15) is 6.10 Å². The summed E-state index contributed by atoms with van der Waals surface area (Å²) in [6, 6.07) is 20.7. The van der Waals surface area contributed by atoms with E-state index in [1.807, 2.05) is 26.0 Å². The highest BCUT2D eigenvalue weighted by Crippen LogP contribution is 2.29. The summed E-state index contributed by atoms with van der Waals surface area (Å²) in [6.45, 7) is 5.84. The number of carboxylic acids is 2. The zero-order valence-electron chi connectivity index (χ0n) is 18.9. The Hall–Kier alpha value is -3.23. The number of nitrogens with zero attached hydrogens (tertiary/aromatic N) is 1. The van der Waals surface area contributed by atoms with Gasteiger partial charge in [-0.25, -0.2) is 9.59 Å². The highest BCUT2D eigenvalue weighted by Gasteiger charge is 2.26. The first kappa shape index (κ1) is 26.0. The van der Waals surface area contributed by atoms with Crippen molar-refractivity contribution in [1.29, 1.82) is 0 Å². The lowest BCUT2D eigenvalue weighted by molar-refractivity contribution is -0.159. The molecular weight excluding hydrogens is 426 g/mol. The fourth-order valence-electron chi connectivity index (χ4n) is 3.48. The Kier molecular flexibility index (Phi) is 10.5. The zero-order chi connectivity index (χ0) is 24.2. The number of ether oxygens (including phenoxy) is 2. The summed E-state index contributed by atoms with van der Waals surface area (Å²) >= 11 is 0. The summed E-state index contributed by atoms with van der Waals surface area (Å²) in [5.41, 5.74) is 2.35. The second kappa shape index (κ2) is 13.3. The molecule has 8 nitrogen and oxygen atoms in total. The molecule has 0 radical (unpaired) electrons. The molecule has 0 aliphatic carbocycles. The first-order valence-electron chi connectivity index (χ1n) is 10.9. The van der Waals surface area contributed by atoms with Gasteiger partial charge < -0.3 is 19.7 Å². The highest BCUT2D eigenvalue weighted by atomic mass is 16.5. The van der Waals surface area contributed by atoms with Gasteiger partial charge in [-0.2, -0.15) is 0 Å². The highest BCUT2D eigenvalue weighted by molar-refractivity contribution is 6.27. The van der Waals surface area contributed by atoms with Gasteiger partial charge in [-0.05, 0) is 37.8 Å². The number of carbonyl (C=O) groups is 3. The molecule has 8 heteroatoms. The van der Waals surface area contributed by atoms with Crippen molar-refractivity contribution in [3.8, 4) is 0 Å². The largest absolute Gasteiger partial charge is 0.473 e. The van der Waals surface area contributed by atoms with Crippen LogP contribution in [-0.4, -0.2) is 64.9 Å². The van der Waals surface area contributed by atoms with E-state index in [4.69, 9.17) is 29.3 Å². The van der Waals surface area contributed by atoms with Crippen LogP contribution in [0.5, 0.6) is 0 Å². The summed E-state index contributed by atoms with van der Waals surface area (Å²) in [7, 11) is 0. The molecule has 0 amide bonds. The number of aliphatic carboxylic acids is 2. The van der Waals surface area contributed by atoms with Crippen molar-refractivity contribution in [3.63, 3.8) is 0 Å². The molecule has 0 bridgehead atoms. The van der Waals surface area contributed by atoms with Gasteiger partial charge in [0.2, 0.25) is 0 Å². The number of likely N-dealkylation sites (tertiary alicyclic amines) is 1. The van der Waals surface area contributed by atoms with E-state index in [0.29, 0.717) is 6.54 Å². The van der Waals surface area contributed by atoms with Crippen LogP contribution in [0.2, 0.25) is 0 Å². The van der Waals surface area contributed by atoms with Gasteiger partial charge in [0.15, 0.2) is 0 Å². The number of hydrogen-bond donors (Lipinski definition) is 2. The molecule has 2 N–H and O–H groups in total. The van der Waals surface area contributed by atoms with Crippen molar-refractivity contribution < 1.29 is 34.1 Å². The summed E-state index contributed by atoms with van der Waals surface area (Å²) in [5.74, 6) is -3.79. The number of carboxylic acid groups (broad SMARTS) is 2. The van der Waals surface area contributed by atoms with Gasteiger partial charge in [-0.15, -0.1) is 0 Å². The van der Waals surface area contributed by atoms with Gasteiger partial charge in [0.05, 0.1) is 18.8 Å². The maximum atomic E-state index is 11.9. The molecule has 0 unspecified atom stereocenters. The van der Waals surface area contributed by atoms with Gasteiger partial charge in [0.25, 0.3) is 0 Å². The average molecular weight is 458 g/mol. The summed E-state index contributed by atoms with van der Waals surface area (Å²) in [5, 5.41) is 14.8. The molecular formula is C25H31NO7. The fraction of sp³-hybridized carbons (Fsp3) is 0.400. The Morgan fingerprint density at radius 3 is 1.73 bits per heavy atom. The van der Waals surface area contributed by atoms with Crippen molar-refractivity contribution >= 4 is 17.9 Å². The molecule has 1 aliphatic rings. The molecule has 1 saturated heterocycles. The molecule has 0 atom stereocenters. The molecule has 178 valence electrons.